The van der Waals surface area contributed by atoms with Crippen LogP contribution in [-0.2, 0) is 35.5 Å². The lowest BCUT2D eigenvalue weighted by molar-refractivity contribution is -0.137. The number of alkyl halides is 6. The van der Waals surface area contributed by atoms with Crippen molar-refractivity contribution in [1.29, 1.82) is 0 Å². The molecule has 0 aromatic heterocycles. The summed E-state index contributed by atoms with van der Waals surface area (Å²) in [5.74, 6) is -0.629. The van der Waals surface area contributed by atoms with Gasteiger partial charge in [-0.2, -0.15) is 22.0 Å². The molecule has 1 amide bonds. The molecule has 0 unspecified atom stereocenters. The average molecular weight is 999 g/mol. The number of thioether (sulfide) groups is 1. The molecule has 66 heavy (non-hydrogen) atoms. The quantitative estimate of drug-likeness (QED) is 0.0610. The zero-order chi connectivity index (χ0) is 47.1. The first-order valence-corrected chi connectivity index (χ1v) is 25.5. The summed E-state index contributed by atoms with van der Waals surface area (Å²) in [5.41, 5.74) is 2.50. The van der Waals surface area contributed by atoms with Gasteiger partial charge in [0.1, 0.15) is 0 Å². The van der Waals surface area contributed by atoms with Crippen LogP contribution in [0.2, 0.25) is 0 Å². The van der Waals surface area contributed by atoms with Gasteiger partial charge >= 0.3 is 10.9 Å². The van der Waals surface area contributed by atoms with Crippen molar-refractivity contribution >= 4 is 66.1 Å². The second-order valence-corrected chi connectivity index (χ2v) is 21.5. The molecule has 356 valence electrons. The molecule has 0 radical (unpaired) electrons. The SMILES string of the molecule is O=C(NS(=O)(=O)c1ccc(N[C@H](CCN2CCOCC2)CSc2ccccc2)c(S(=O)(=O)C(F)(F)Cl)c1)c1ccc(N2CCN(CC3=C(c4ccc(C(F)(F)F)cc4)CCOC3)CC2)cc1. The van der Waals surface area contributed by atoms with Gasteiger partial charge in [0.25, 0.3) is 25.8 Å². The number of sulfone groups is 1. The number of ether oxygens (including phenoxy) is 2. The lowest BCUT2D eigenvalue weighted by Crippen LogP contribution is -2.47. The Hall–Kier alpha value is -4.28. The predicted octanol–water partition coefficient (Wildman–Crippen LogP) is 7.68. The van der Waals surface area contributed by atoms with Crippen molar-refractivity contribution in [2.24, 2.45) is 0 Å². The highest BCUT2D eigenvalue weighted by atomic mass is 35.5. The Morgan fingerprint density at radius 2 is 1.47 bits per heavy atom. The number of morpholine rings is 1. The number of anilines is 2. The number of carbonyl (C=O) groups excluding carboxylic acids is 1. The van der Waals surface area contributed by atoms with Crippen LogP contribution < -0.4 is 14.9 Å². The van der Waals surface area contributed by atoms with Crippen LogP contribution >= 0.6 is 23.4 Å². The molecule has 3 aliphatic rings. The summed E-state index contributed by atoms with van der Waals surface area (Å²) in [7, 11) is -10.5. The van der Waals surface area contributed by atoms with E-state index < -0.39 is 58.1 Å². The number of piperazine rings is 1. The van der Waals surface area contributed by atoms with Crippen molar-refractivity contribution in [2.45, 2.75) is 44.5 Å². The van der Waals surface area contributed by atoms with Crippen molar-refractivity contribution in [2.75, 3.05) is 94.8 Å². The van der Waals surface area contributed by atoms with Crippen molar-refractivity contribution in [1.82, 2.24) is 14.5 Å². The highest BCUT2D eigenvalue weighted by Crippen LogP contribution is 2.38. The molecule has 4 aromatic carbocycles. The number of rotatable bonds is 17. The molecule has 4 aromatic rings. The lowest BCUT2D eigenvalue weighted by Gasteiger charge is -2.37. The molecule has 3 heterocycles. The van der Waals surface area contributed by atoms with E-state index in [0.29, 0.717) is 103 Å². The number of nitrogens with zero attached hydrogens (tertiary/aromatic N) is 3. The van der Waals surface area contributed by atoms with Gasteiger partial charge in [-0.15, -0.1) is 11.8 Å². The van der Waals surface area contributed by atoms with Gasteiger partial charge in [-0.05, 0) is 108 Å². The van der Waals surface area contributed by atoms with E-state index in [4.69, 9.17) is 21.1 Å². The summed E-state index contributed by atoms with van der Waals surface area (Å²) in [5, 5.41) is 3.07. The highest BCUT2D eigenvalue weighted by Gasteiger charge is 2.46. The number of hydrogen-bond acceptors (Lipinski definition) is 12. The molecule has 1 atom stereocenters. The third kappa shape index (κ3) is 12.6. The molecule has 21 heteroatoms. The van der Waals surface area contributed by atoms with Crippen LogP contribution in [0.25, 0.3) is 5.57 Å². The molecular formula is C45H49ClF5N5O7S3. The maximum atomic E-state index is 14.6. The van der Waals surface area contributed by atoms with Gasteiger partial charge in [0.15, 0.2) is 0 Å². The molecule has 0 aliphatic carbocycles. The fourth-order valence-corrected chi connectivity index (χ4v) is 11.2. The molecule has 3 aliphatic heterocycles. The Morgan fingerprint density at radius 1 is 0.788 bits per heavy atom. The van der Waals surface area contributed by atoms with Crippen LogP contribution in [0.15, 0.2) is 117 Å². The lowest BCUT2D eigenvalue weighted by atomic mass is 9.94. The summed E-state index contributed by atoms with van der Waals surface area (Å²) in [6.07, 6.45) is -3.35. The van der Waals surface area contributed by atoms with Crippen molar-refractivity contribution < 1.29 is 53.1 Å². The van der Waals surface area contributed by atoms with Crippen LogP contribution in [0, 0.1) is 0 Å². The normalized spacial score (nSPS) is 17.7. The summed E-state index contributed by atoms with van der Waals surface area (Å²) in [4.78, 5) is 19.0. The fraction of sp³-hybridized carbons (Fsp3) is 0.400. The maximum absolute atomic E-state index is 14.6. The number of hydrogen-bond donors (Lipinski definition) is 2. The summed E-state index contributed by atoms with van der Waals surface area (Å²) in [6, 6.07) is 23.0. The molecule has 2 saturated heterocycles. The molecule has 0 spiro atoms. The second-order valence-electron chi connectivity index (χ2n) is 16.0. The number of sulfonamides is 1. The van der Waals surface area contributed by atoms with E-state index in [1.165, 1.54) is 36.0 Å². The molecule has 2 N–H and O–H groups in total. The predicted molar refractivity (Wildman–Crippen MR) is 244 cm³/mol. The minimum Gasteiger partial charge on any atom is -0.380 e. The minimum atomic E-state index is -5.65. The topological polar surface area (TPSA) is 138 Å². The third-order valence-corrected chi connectivity index (χ3v) is 16.2. The first-order valence-electron chi connectivity index (χ1n) is 21.2. The smallest absolute Gasteiger partial charge is 0.380 e. The Bertz CT molecular complexity index is 2560. The maximum Gasteiger partial charge on any atom is 0.427 e. The number of benzene rings is 4. The van der Waals surface area contributed by atoms with Crippen LogP contribution in [-0.4, -0.2) is 128 Å². The Morgan fingerprint density at radius 3 is 2.12 bits per heavy atom. The number of carbonyl (C=O) groups is 1. The standard InChI is InChI=1S/C45H49ClF5N5O7S3/c46-45(50,51)65(58,59)42-28-39(14-15-41(42)52-36(16-18-54-23-26-62-27-24-54)31-64-38-4-2-1-3-5-38)66(60,61)53-43(57)33-8-12-37(13-9-33)56-21-19-55(20-22-56)29-34-30-63-25-17-40(34)32-6-10-35(11-7-32)44(47,48)49/h1-15,28,36,52H,16-27,29-31H2,(H,53,57)/t36-/m1/s1. The van der Waals surface area contributed by atoms with Crippen LogP contribution in [0.4, 0.5) is 33.3 Å². The first-order chi connectivity index (χ1) is 31.4. The van der Waals surface area contributed by atoms with Crippen LogP contribution in [0.1, 0.15) is 34.3 Å². The van der Waals surface area contributed by atoms with Gasteiger partial charge in [0.05, 0.1) is 47.5 Å². The van der Waals surface area contributed by atoms with E-state index >= 15 is 0 Å². The van der Waals surface area contributed by atoms with Gasteiger partial charge in [0, 0.05) is 80.3 Å². The Labute approximate surface area is 390 Å². The minimum absolute atomic E-state index is 0.0292. The van der Waals surface area contributed by atoms with Crippen molar-refractivity contribution in [3.05, 3.63) is 119 Å². The van der Waals surface area contributed by atoms with Crippen molar-refractivity contribution in [3.8, 4) is 0 Å². The van der Waals surface area contributed by atoms with Gasteiger partial charge in [0.2, 0.25) is 0 Å². The molecule has 0 saturated carbocycles. The third-order valence-electron chi connectivity index (χ3n) is 11.6. The zero-order valence-electron chi connectivity index (χ0n) is 35.6. The van der Waals surface area contributed by atoms with E-state index in [2.05, 4.69) is 20.0 Å². The van der Waals surface area contributed by atoms with Crippen molar-refractivity contribution in [3.63, 3.8) is 0 Å². The van der Waals surface area contributed by atoms with Crippen LogP contribution in [0.3, 0.4) is 0 Å². The largest absolute Gasteiger partial charge is 0.427 e. The number of nitrogens with one attached hydrogen (secondary N) is 2. The highest BCUT2D eigenvalue weighted by molar-refractivity contribution is 7.99. The van der Waals surface area contributed by atoms with E-state index in [-0.39, 0.29) is 11.3 Å². The van der Waals surface area contributed by atoms with Gasteiger partial charge in [-0.3, -0.25) is 14.6 Å². The molecule has 12 nitrogen and oxygen atoms in total. The van der Waals surface area contributed by atoms with Crippen LogP contribution in [0.5, 0.6) is 0 Å². The summed E-state index contributed by atoms with van der Waals surface area (Å²) in [6.45, 7) is 7.08. The molecular weight excluding hydrogens is 949 g/mol. The summed E-state index contributed by atoms with van der Waals surface area (Å²) >= 11 is 6.60. The fourth-order valence-electron chi connectivity index (χ4n) is 7.91. The van der Waals surface area contributed by atoms with Gasteiger partial charge in [-0.25, -0.2) is 21.6 Å². The summed E-state index contributed by atoms with van der Waals surface area (Å²) < 4.78 is 131. The Kier molecular flexibility index (Phi) is 16.0. The first kappa shape index (κ1) is 49.6. The van der Waals surface area contributed by atoms with Gasteiger partial charge in [-0.1, -0.05) is 30.3 Å². The number of amides is 1. The van der Waals surface area contributed by atoms with E-state index in [1.54, 1.807) is 12.1 Å². The van der Waals surface area contributed by atoms with E-state index in [1.807, 2.05) is 35.1 Å². The average Bonchev–Trinajstić information content (AvgIpc) is 3.30. The molecule has 7 rings (SSSR count). The monoisotopic (exact) mass is 997 g/mol. The molecule has 2 fully saturated rings. The molecule has 0 bridgehead atoms. The van der Waals surface area contributed by atoms with Gasteiger partial charge < -0.3 is 19.7 Å². The van der Waals surface area contributed by atoms with E-state index in [9.17, 15) is 43.6 Å². The van der Waals surface area contributed by atoms with E-state index in [0.717, 1.165) is 51.6 Å². The zero-order valence-corrected chi connectivity index (χ0v) is 38.8. The number of halogens is 6. The Balaban J connectivity index is 1.00. The second kappa shape index (κ2) is 21.3.